The lowest BCUT2D eigenvalue weighted by molar-refractivity contribution is -0.122. The van der Waals surface area contributed by atoms with Crippen LogP contribution in [-0.4, -0.2) is 49.5 Å². The van der Waals surface area contributed by atoms with Gasteiger partial charge in [-0.3, -0.25) is 14.5 Å². The van der Waals surface area contributed by atoms with Crippen LogP contribution in [-0.2, 0) is 9.53 Å². The Bertz CT molecular complexity index is 737. The molecule has 8 heteroatoms. The highest BCUT2D eigenvalue weighted by Crippen LogP contribution is 2.39. The maximum absolute atomic E-state index is 12.5. The number of amides is 2. The highest BCUT2D eigenvalue weighted by atomic mass is 35.5. The molecule has 1 saturated heterocycles. The van der Waals surface area contributed by atoms with Gasteiger partial charge in [0, 0.05) is 20.3 Å². The quantitative estimate of drug-likeness (QED) is 0.435. The Hall–Kier alpha value is -1.70. The lowest BCUT2D eigenvalue weighted by Gasteiger charge is -2.17. The highest BCUT2D eigenvalue weighted by molar-refractivity contribution is 8.18. The average Bonchev–Trinajstić information content (AvgIpc) is 2.90. The van der Waals surface area contributed by atoms with E-state index in [0.717, 1.165) is 18.2 Å². The normalized spacial score (nSPS) is 16.9. The van der Waals surface area contributed by atoms with Crippen molar-refractivity contribution in [2.24, 2.45) is 0 Å². The summed E-state index contributed by atoms with van der Waals surface area (Å²) in [4.78, 5) is 26.2. The Balaban J connectivity index is 2.24. The Kier molecular flexibility index (Phi) is 8.01. The van der Waals surface area contributed by atoms with Gasteiger partial charge in [0.15, 0.2) is 11.5 Å². The van der Waals surface area contributed by atoms with Crippen LogP contribution >= 0.6 is 23.4 Å². The number of carbonyl (C=O) groups excluding carboxylic acids is 2. The van der Waals surface area contributed by atoms with Crippen LogP contribution in [0.5, 0.6) is 11.5 Å². The average molecular weight is 414 g/mol. The Morgan fingerprint density at radius 3 is 2.67 bits per heavy atom. The molecule has 1 aromatic carbocycles. The molecule has 1 heterocycles. The minimum absolute atomic E-state index is 0.00847. The van der Waals surface area contributed by atoms with E-state index in [1.54, 1.807) is 25.3 Å². The molecule has 0 aromatic heterocycles. The molecule has 0 spiro atoms. The van der Waals surface area contributed by atoms with E-state index in [9.17, 15) is 9.59 Å². The van der Waals surface area contributed by atoms with Gasteiger partial charge in [-0.1, -0.05) is 18.5 Å². The SMILES string of the molecule is CC[C@H](C)Oc1c(Cl)cc(/C=C2/SC(=O)N(CCCOC)C2=O)cc1OC. The number of ether oxygens (including phenoxy) is 3. The van der Waals surface area contributed by atoms with Crippen LogP contribution in [0.4, 0.5) is 4.79 Å². The summed E-state index contributed by atoms with van der Waals surface area (Å²) in [6.45, 7) is 4.79. The molecule has 0 unspecified atom stereocenters. The summed E-state index contributed by atoms with van der Waals surface area (Å²) in [5.41, 5.74) is 0.663. The molecule has 0 aliphatic carbocycles. The molecular formula is C19H24ClNO5S. The fourth-order valence-electron chi connectivity index (χ4n) is 2.43. The number of carbonyl (C=O) groups is 2. The molecule has 1 fully saturated rings. The number of halogens is 1. The minimum Gasteiger partial charge on any atom is -0.493 e. The van der Waals surface area contributed by atoms with Gasteiger partial charge in [-0.2, -0.15) is 0 Å². The van der Waals surface area contributed by atoms with Gasteiger partial charge in [-0.25, -0.2) is 0 Å². The van der Waals surface area contributed by atoms with E-state index in [0.29, 0.717) is 46.6 Å². The third-order valence-electron chi connectivity index (χ3n) is 4.05. The predicted molar refractivity (Wildman–Crippen MR) is 108 cm³/mol. The second kappa shape index (κ2) is 10.0. The Labute approximate surface area is 168 Å². The summed E-state index contributed by atoms with van der Waals surface area (Å²) in [5, 5.41) is 0.109. The van der Waals surface area contributed by atoms with E-state index < -0.39 is 0 Å². The minimum atomic E-state index is -0.309. The van der Waals surface area contributed by atoms with Crippen molar-refractivity contribution < 1.29 is 23.8 Å². The van der Waals surface area contributed by atoms with Gasteiger partial charge in [0.25, 0.3) is 11.1 Å². The van der Waals surface area contributed by atoms with E-state index in [-0.39, 0.29) is 17.3 Å². The first kappa shape index (κ1) is 21.6. The lowest BCUT2D eigenvalue weighted by Crippen LogP contribution is -2.29. The van der Waals surface area contributed by atoms with Gasteiger partial charge in [0.1, 0.15) is 0 Å². The Morgan fingerprint density at radius 2 is 2.04 bits per heavy atom. The smallest absolute Gasteiger partial charge is 0.293 e. The summed E-state index contributed by atoms with van der Waals surface area (Å²) in [6.07, 6.45) is 3.06. The van der Waals surface area contributed by atoms with Gasteiger partial charge < -0.3 is 14.2 Å². The van der Waals surface area contributed by atoms with E-state index in [1.165, 1.54) is 12.0 Å². The third kappa shape index (κ3) is 5.40. The van der Waals surface area contributed by atoms with Gasteiger partial charge in [-0.05, 0) is 55.3 Å². The topological polar surface area (TPSA) is 65.1 Å². The van der Waals surface area contributed by atoms with Crippen molar-refractivity contribution in [3.63, 3.8) is 0 Å². The van der Waals surface area contributed by atoms with Crippen LogP contribution in [0.1, 0.15) is 32.3 Å². The van der Waals surface area contributed by atoms with E-state index in [2.05, 4.69) is 0 Å². The van der Waals surface area contributed by atoms with Crippen LogP contribution in [0.15, 0.2) is 17.0 Å². The number of rotatable bonds is 9. The molecule has 1 aliphatic heterocycles. The molecule has 6 nitrogen and oxygen atoms in total. The first-order valence-electron chi connectivity index (χ1n) is 8.69. The molecule has 0 radical (unpaired) electrons. The maximum atomic E-state index is 12.5. The van der Waals surface area contributed by atoms with Crippen molar-refractivity contribution in [1.82, 2.24) is 4.90 Å². The van der Waals surface area contributed by atoms with Crippen LogP contribution in [0.3, 0.4) is 0 Å². The molecule has 27 heavy (non-hydrogen) atoms. The van der Waals surface area contributed by atoms with Crippen molar-refractivity contribution in [2.75, 3.05) is 27.4 Å². The van der Waals surface area contributed by atoms with Crippen molar-refractivity contribution in [1.29, 1.82) is 0 Å². The molecular weight excluding hydrogens is 390 g/mol. The number of benzene rings is 1. The first-order chi connectivity index (χ1) is 12.9. The van der Waals surface area contributed by atoms with Crippen molar-refractivity contribution in [2.45, 2.75) is 32.8 Å². The predicted octanol–water partition coefficient (Wildman–Crippen LogP) is 4.60. The molecule has 1 atom stereocenters. The zero-order chi connectivity index (χ0) is 20.0. The number of methoxy groups -OCH3 is 2. The summed E-state index contributed by atoms with van der Waals surface area (Å²) in [6, 6.07) is 3.43. The molecule has 0 bridgehead atoms. The monoisotopic (exact) mass is 413 g/mol. The molecule has 2 rings (SSSR count). The summed E-state index contributed by atoms with van der Waals surface area (Å²) >= 11 is 7.28. The fourth-order valence-corrected chi connectivity index (χ4v) is 3.56. The standard InChI is InChI=1S/C19H24ClNO5S/c1-5-12(2)26-17-14(20)9-13(10-15(17)25-4)11-16-18(22)21(19(23)27-16)7-6-8-24-3/h9-12H,5-8H2,1-4H3/b16-11+/t12-/m0/s1. The summed E-state index contributed by atoms with van der Waals surface area (Å²) in [5.74, 6) is 0.642. The number of imide groups is 1. The summed E-state index contributed by atoms with van der Waals surface area (Å²) < 4.78 is 16.2. The first-order valence-corrected chi connectivity index (χ1v) is 9.89. The second-order valence-corrected chi connectivity index (χ2v) is 7.45. The third-order valence-corrected chi connectivity index (χ3v) is 5.24. The number of nitrogens with zero attached hydrogens (tertiary/aromatic N) is 1. The molecule has 148 valence electrons. The fraction of sp³-hybridized carbons (Fsp3) is 0.474. The van der Waals surface area contributed by atoms with Crippen LogP contribution < -0.4 is 9.47 Å². The number of thioether (sulfide) groups is 1. The summed E-state index contributed by atoms with van der Waals surface area (Å²) in [7, 11) is 3.11. The second-order valence-electron chi connectivity index (χ2n) is 6.05. The highest BCUT2D eigenvalue weighted by Gasteiger charge is 2.34. The van der Waals surface area contributed by atoms with Gasteiger partial charge in [0.2, 0.25) is 0 Å². The Morgan fingerprint density at radius 1 is 1.30 bits per heavy atom. The largest absolute Gasteiger partial charge is 0.493 e. The molecule has 1 aliphatic rings. The van der Waals surface area contributed by atoms with Crippen molar-refractivity contribution >= 4 is 40.6 Å². The van der Waals surface area contributed by atoms with E-state index in [1.807, 2.05) is 13.8 Å². The van der Waals surface area contributed by atoms with Crippen molar-refractivity contribution in [3.8, 4) is 11.5 Å². The zero-order valence-corrected chi connectivity index (χ0v) is 17.5. The van der Waals surface area contributed by atoms with Gasteiger partial charge in [0.05, 0.1) is 23.1 Å². The maximum Gasteiger partial charge on any atom is 0.293 e. The molecule has 1 aromatic rings. The van der Waals surface area contributed by atoms with Crippen LogP contribution in [0.2, 0.25) is 5.02 Å². The molecule has 2 amide bonds. The number of hydrogen-bond donors (Lipinski definition) is 0. The zero-order valence-electron chi connectivity index (χ0n) is 15.9. The van der Waals surface area contributed by atoms with Gasteiger partial charge >= 0.3 is 0 Å². The molecule has 0 saturated carbocycles. The van der Waals surface area contributed by atoms with Crippen molar-refractivity contribution in [3.05, 3.63) is 27.6 Å². The number of hydrogen-bond acceptors (Lipinski definition) is 6. The van der Waals surface area contributed by atoms with Crippen LogP contribution in [0.25, 0.3) is 6.08 Å². The van der Waals surface area contributed by atoms with Gasteiger partial charge in [-0.15, -0.1) is 0 Å². The lowest BCUT2D eigenvalue weighted by atomic mass is 10.1. The van der Waals surface area contributed by atoms with Crippen LogP contribution in [0, 0.1) is 0 Å². The van der Waals surface area contributed by atoms with E-state index in [4.69, 9.17) is 25.8 Å². The molecule has 0 N–H and O–H groups in total. The van der Waals surface area contributed by atoms with E-state index >= 15 is 0 Å².